The second-order valence-electron chi connectivity index (χ2n) is 12.4. The molecular formula is C33H39FN6O5. The van der Waals surface area contributed by atoms with E-state index in [4.69, 9.17) is 9.57 Å². The number of aliphatic hydroxyl groups is 2. The minimum Gasteiger partial charge on any atom is -0.388 e. The van der Waals surface area contributed by atoms with Crippen LogP contribution >= 0.6 is 0 Å². The lowest BCUT2D eigenvalue weighted by Crippen LogP contribution is -2.36. The summed E-state index contributed by atoms with van der Waals surface area (Å²) in [5.41, 5.74) is 5.19. The summed E-state index contributed by atoms with van der Waals surface area (Å²) in [6, 6.07) is 12.2. The molecule has 1 aliphatic carbocycles. The molecule has 2 aliphatic rings. The lowest BCUT2D eigenvalue weighted by molar-refractivity contribution is -0.102. The molecule has 1 fully saturated rings. The van der Waals surface area contributed by atoms with Gasteiger partial charge in [-0.05, 0) is 68.7 Å². The smallest absolute Gasteiger partial charge is 0.280 e. The van der Waals surface area contributed by atoms with Crippen LogP contribution in [0.5, 0.6) is 0 Å². The van der Waals surface area contributed by atoms with E-state index in [1.165, 1.54) is 12.4 Å². The van der Waals surface area contributed by atoms with Crippen molar-refractivity contribution < 1.29 is 24.2 Å². The van der Waals surface area contributed by atoms with Crippen LogP contribution in [0.2, 0.25) is 0 Å². The topological polar surface area (TPSA) is 136 Å². The number of aromatic nitrogens is 4. The van der Waals surface area contributed by atoms with E-state index in [0.717, 1.165) is 37.8 Å². The molecule has 0 spiro atoms. The van der Waals surface area contributed by atoms with E-state index in [1.54, 1.807) is 29.0 Å². The third-order valence-corrected chi connectivity index (χ3v) is 8.41. The number of ether oxygens (including phenoxy) is 1. The molecule has 0 amide bonds. The van der Waals surface area contributed by atoms with Crippen LogP contribution in [-0.4, -0.2) is 59.9 Å². The van der Waals surface area contributed by atoms with Crippen LogP contribution in [0.15, 0.2) is 58.6 Å². The number of aliphatic imine (C=N–C) groups is 1. The zero-order chi connectivity index (χ0) is 31.7. The number of rotatable bonds is 10. The third-order valence-electron chi connectivity index (χ3n) is 8.41. The van der Waals surface area contributed by atoms with Crippen molar-refractivity contribution in [3.05, 3.63) is 87.3 Å². The molecule has 3 heterocycles. The van der Waals surface area contributed by atoms with Crippen molar-refractivity contribution in [3.8, 4) is 11.1 Å². The van der Waals surface area contributed by atoms with Gasteiger partial charge in [-0.2, -0.15) is 10.1 Å². The lowest BCUT2D eigenvalue weighted by Gasteiger charge is -2.32. The van der Waals surface area contributed by atoms with Crippen molar-refractivity contribution in [1.82, 2.24) is 24.6 Å². The Morgan fingerprint density at radius 2 is 1.89 bits per heavy atom. The van der Waals surface area contributed by atoms with Gasteiger partial charge in [-0.3, -0.25) is 9.36 Å². The molecule has 3 N–H and O–H groups in total. The average Bonchev–Trinajstić information content (AvgIpc) is 3.68. The minimum atomic E-state index is -1.31. The van der Waals surface area contributed by atoms with Crippen LogP contribution in [0.25, 0.3) is 16.9 Å². The fourth-order valence-corrected chi connectivity index (χ4v) is 6.26. The van der Waals surface area contributed by atoms with E-state index in [9.17, 15) is 15.0 Å². The van der Waals surface area contributed by atoms with Gasteiger partial charge in [0.05, 0.1) is 24.0 Å². The first-order valence-corrected chi connectivity index (χ1v) is 15.5. The van der Waals surface area contributed by atoms with Crippen LogP contribution in [0.4, 0.5) is 4.39 Å². The van der Waals surface area contributed by atoms with Gasteiger partial charge >= 0.3 is 0 Å². The van der Waals surface area contributed by atoms with Crippen molar-refractivity contribution >= 4 is 11.6 Å². The zero-order valence-electron chi connectivity index (χ0n) is 25.7. The van der Waals surface area contributed by atoms with E-state index >= 15 is 4.39 Å². The van der Waals surface area contributed by atoms with Gasteiger partial charge in [0.1, 0.15) is 12.1 Å². The fourth-order valence-electron chi connectivity index (χ4n) is 6.26. The summed E-state index contributed by atoms with van der Waals surface area (Å²) in [5, 5.41) is 24.2. The number of aryl methyl sites for hydroxylation is 1. The first-order valence-electron chi connectivity index (χ1n) is 15.5. The van der Waals surface area contributed by atoms with Gasteiger partial charge in [0.15, 0.2) is 5.84 Å². The molecular weight excluding hydrogens is 579 g/mol. The predicted molar refractivity (Wildman–Crippen MR) is 166 cm³/mol. The van der Waals surface area contributed by atoms with Crippen LogP contribution in [-0.2, 0) is 22.4 Å². The highest BCUT2D eigenvalue weighted by molar-refractivity contribution is 6.04. The Morgan fingerprint density at radius 3 is 2.56 bits per heavy atom. The number of amidine groups is 1. The Kier molecular flexibility index (Phi) is 8.82. The number of benzene rings is 2. The normalized spacial score (nSPS) is 20.4. The summed E-state index contributed by atoms with van der Waals surface area (Å²) < 4.78 is 25.3. The van der Waals surface area contributed by atoms with Gasteiger partial charge in [0.2, 0.25) is 5.78 Å². The van der Waals surface area contributed by atoms with Crippen molar-refractivity contribution in [3.63, 3.8) is 0 Å². The van der Waals surface area contributed by atoms with Crippen LogP contribution in [0.3, 0.4) is 0 Å². The lowest BCUT2D eigenvalue weighted by atomic mass is 9.92. The number of nitrogens with zero attached hydrogens (tertiary/aromatic N) is 5. The molecule has 12 heteroatoms. The quantitative estimate of drug-likeness (QED) is 0.242. The molecule has 11 nitrogen and oxygen atoms in total. The number of aliphatic hydroxyl groups excluding tert-OH is 1. The SMILES string of the molecule is CCCc1c(Cc2ccc(-c3ccccc3C3=NC(O)ON3)cc2F)c(=O)n(C2CCC(OCC(C)(C)O)CC2)c2ncnn12. The van der Waals surface area contributed by atoms with E-state index < -0.39 is 17.8 Å². The molecule has 0 saturated heterocycles. The second-order valence-corrected chi connectivity index (χ2v) is 12.4. The van der Waals surface area contributed by atoms with Crippen molar-refractivity contribution in [2.75, 3.05) is 6.61 Å². The first kappa shape index (κ1) is 31.0. The average molecular weight is 619 g/mol. The summed E-state index contributed by atoms with van der Waals surface area (Å²) in [4.78, 5) is 27.7. The maximum Gasteiger partial charge on any atom is 0.280 e. The number of hydrogen-bond acceptors (Lipinski definition) is 9. The maximum atomic E-state index is 15.9. The van der Waals surface area contributed by atoms with Crippen LogP contribution in [0.1, 0.15) is 81.3 Å². The molecule has 1 saturated carbocycles. The molecule has 238 valence electrons. The number of nitrogens with one attached hydrogen (secondary N) is 1. The summed E-state index contributed by atoms with van der Waals surface area (Å²) >= 11 is 0. The number of halogens is 1. The highest BCUT2D eigenvalue weighted by Gasteiger charge is 2.29. The fraction of sp³-hybridized carbons (Fsp3) is 0.455. The molecule has 0 radical (unpaired) electrons. The second kappa shape index (κ2) is 12.8. The highest BCUT2D eigenvalue weighted by Crippen LogP contribution is 2.32. The van der Waals surface area contributed by atoms with Crippen molar-refractivity contribution in [2.24, 2.45) is 4.99 Å². The van der Waals surface area contributed by atoms with Gasteiger partial charge in [0.25, 0.3) is 12.0 Å². The Bertz CT molecular complexity index is 1770. The van der Waals surface area contributed by atoms with E-state index in [2.05, 4.69) is 20.6 Å². The van der Waals surface area contributed by atoms with E-state index in [0.29, 0.717) is 45.9 Å². The Hall–Kier alpha value is -3.97. The van der Waals surface area contributed by atoms with Gasteiger partial charge in [-0.15, -0.1) is 0 Å². The van der Waals surface area contributed by atoms with E-state index in [-0.39, 0.29) is 30.7 Å². The maximum absolute atomic E-state index is 15.9. The van der Waals surface area contributed by atoms with Gasteiger partial charge in [-0.1, -0.05) is 49.7 Å². The molecule has 6 rings (SSSR count). The monoisotopic (exact) mass is 618 g/mol. The highest BCUT2D eigenvalue weighted by atomic mass is 19.1. The minimum absolute atomic E-state index is 0.0166. The van der Waals surface area contributed by atoms with Crippen molar-refractivity contribution in [1.29, 1.82) is 0 Å². The summed E-state index contributed by atoms with van der Waals surface area (Å²) in [6.45, 7) is 5.73. The molecule has 1 atom stereocenters. The summed E-state index contributed by atoms with van der Waals surface area (Å²) in [6.07, 6.45) is 4.60. The predicted octanol–water partition coefficient (Wildman–Crippen LogP) is 4.07. The van der Waals surface area contributed by atoms with E-state index in [1.807, 2.05) is 37.3 Å². The summed E-state index contributed by atoms with van der Waals surface area (Å²) in [7, 11) is 0. The van der Waals surface area contributed by atoms with Gasteiger partial charge < -0.3 is 14.9 Å². The molecule has 4 aromatic rings. The Morgan fingerprint density at radius 1 is 1.13 bits per heavy atom. The standard InChI is InChI=1S/C33H39FN6O5/c1-4-7-28-26(16-21-11-10-20(17-27(21)34)24-8-5-6-9-25(24)29-37-32(42)45-38-29)30(41)39(31-35-19-36-40(28)31)22-12-14-23(15-13-22)44-18-33(2,3)43/h5-6,8-11,17,19,22-23,32,42-43H,4,7,12-16,18H2,1-3H3,(H,37,38). The van der Waals surface area contributed by atoms with Crippen LogP contribution in [0, 0.1) is 5.82 Å². The molecule has 2 aromatic heterocycles. The van der Waals surface area contributed by atoms with Gasteiger partial charge in [0, 0.05) is 23.6 Å². The number of hydrogen-bond donors (Lipinski definition) is 3. The summed E-state index contributed by atoms with van der Waals surface area (Å²) in [5.74, 6) is 0.417. The molecule has 2 aromatic carbocycles. The van der Waals surface area contributed by atoms with Gasteiger partial charge in [-0.25, -0.2) is 24.2 Å². The molecule has 45 heavy (non-hydrogen) atoms. The third kappa shape index (κ3) is 6.55. The molecule has 0 bridgehead atoms. The first-order chi connectivity index (χ1) is 21.6. The van der Waals surface area contributed by atoms with Crippen molar-refractivity contribution in [2.45, 2.75) is 89.9 Å². The molecule has 1 unspecified atom stereocenters. The zero-order valence-corrected chi connectivity index (χ0v) is 25.7. The van der Waals surface area contributed by atoms with Crippen LogP contribution < -0.4 is 11.0 Å². The Balaban J connectivity index is 1.32. The number of fused-ring (bicyclic) bond motifs is 1. The largest absolute Gasteiger partial charge is 0.388 e. The molecule has 1 aliphatic heterocycles. The Labute approximate surface area is 260 Å². The number of hydroxylamine groups is 1.